The van der Waals surface area contributed by atoms with Crippen LogP contribution in [0.2, 0.25) is 0 Å². The first-order valence-electron chi connectivity index (χ1n) is 11.0. The lowest BCUT2D eigenvalue weighted by atomic mass is 9.96. The number of fused-ring (bicyclic) bond motifs is 1. The Labute approximate surface area is 173 Å². The molecule has 3 heteroatoms. The number of hydrogen-bond donors (Lipinski definition) is 1. The van der Waals surface area contributed by atoms with Crippen LogP contribution in [-0.4, -0.2) is 6.04 Å². The molecule has 2 N–H and O–H groups in total. The Kier molecular flexibility index (Phi) is 6.79. The number of quaternary nitrogens is 1. The van der Waals surface area contributed by atoms with E-state index < -0.39 is 0 Å². The molecule has 1 fully saturated rings. The molecule has 0 amide bonds. The van der Waals surface area contributed by atoms with Crippen molar-refractivity contribution in [3.63, 3.8) is 0 Å². The smallest absolute Gasteiger partial charge is 0.129 e. The zero-order chi connectivity index (χ0) is 19.9. The topological polar surface area (TPSA) is 25.8 Å². The molecule has 0 aliphatic heterocycles. The molecule has 0 atom stereocenters. The molecule has 0 unspecified atom stereocenters. The van der Waals surface area contributed by atoms with Crippen LogP contribution in [0, 0.1) is 5.82 Å². The fraction of sp³-hybridized carbons (Fsp3) is 0.385. The highest BCUT2D eigenvalue weighted by Gasteiger charge is 2.17. The predicted octanol–water partition coefficient (Wildman–Crippen LogP) is 5.73. The van der Waals surface area contributed by atoms with E-state index in [4.69, 9.17) is 4.74 Å². The first-order chi connectivity index (χ1) is 14.3. The predicted molar refractivity (Wildman–Crippen MR) is 116 cm³/mol. The lowest BCUT2D eigenvalue weighted by molar-refractivity contribution is -0.705. The van der Waals surface area contributed by atoms with Crippen LogP contribution >= 0.6 is 0 Å². The van der Waals surface area contributed by atoms with Gasteiger partial charge in [-0.2, -0.15) is 0 Å². The van der Waals surface area contributed by atoms with Crippen LogP contribution in [-0.2, 0) is 13.2 Å². The van der Waals surface area contributed by atoms with Gasteiger partial charge in [0.25, 0.3) is 0 Å². The van der Waals surface area contributed by atoms with Crippen molar-refractivity contribution in [3.05, 3.63) is 77.6 Å². The van der Waals surface area contributed by atoms with Gasteiger partial charge in [-0.3, -0.25) is 0 Å². The maximum absolute atomic E-state index is 14.0. The summed E-state index contributed by atoms with van der Waals surface area (Å²) >= 11 is 0. The molecule has 2 nitrogen and oxygen atoms in total. The first-order valence-corrected chi connectivity index (χ1v) is 11.0. The van der Waals surface area contributed by atoms with Crippen LogP contribution in [0.5, 0.6) is 5.75 Å². The summed E-state index contributed by atoms with van der Waals surface area (Å²) in [4.78, 5) is 0. The van der Waals surface area contributed by atoms with E-state index in [9.17, 15) is 4.39 Å². The Balaban J connectivity index is 1.54. The van der Waals surface area contributed by atoms with E-state index in [2.05, 4.69) is 35.6 Å². The molecule has 3 aromatic rings. The van der Waals surface area contributed by atoms with Crippen molar-refractivity contribution in [2.24, 2.45) is 0 Å². The second-order valence-electron chi connectivity index (χ2n) is 8.19. The van der Waals surface area contributed by atoms with Crippen molar-refractivity contribution < 1.29 is 14.4 Å². The number of benzene rings is 3. The molecule has 0 aromatic heterocycles. The van der Waals surface area contributed by atoms with Gasteiger partial charge < -0.3 is 10.1 Å². The van der Waals surface area contributed by atoms with Crippen molar-refractivity contribution in [2.75, 3.05) is 0 Å². The van der Waals surface area contributed by atoms with E-state index in [0.717, 1.165) is 12.3 Å². The monoisotopic (exact) mass is 392 g/mol. The minimum absolute atomic E-state index is 0.212. The molecule has 0 bridgehead atoms. The molecule has 152 valence electrons. The second-order valence-corrected chi connectivity index (χ2v) is 8.19. The molecule has 0 radical (unpaired) electrons. The number of hydrogen-bond acceptors (Lipinski definition) is 1. The van der Waals surface area contributed by atoms with E-state index in [1.54, 1.807) is 12.1 Å². The van der Waals surface area contributed by atoms with Gasteiger partial charge in [0, 0.05) is 5.56 Å². The van der Waals surface area contributed by atoms with Crippen molar-refractivity contribution in [1.82, 2.24) is 0 Å². The fourth-order valence-corrected chi connectivity index (χ4v) is 4.44. The standard InChI is InChI=1S/C26H30FNO/c27-25-15-9-7-11-21(25)19-29-26-17-16-20-10-6-8-14-23(20)24(26)18-28-22-12-4-2-1-3-5-13-22/h6-11,14-17,22,28H,1-5,12-13,18-19H2/p+1. The lowest BCUT2D eigenvalue weighted by Crippen LogP contribution is -2.88. The molecular weight excluding hydrogens is 361 g/mol. The summed E-state index contributed by atoms with van der Waals surface area (Å²) in [5, 5.41) is 4.97. The Morgan fingerprint density at radius 3 is 2.38 bits per heavy atom. The third-order valence-corrected chi connectivity index (χ3v) is 6.14. The van der Waals surface area contributed by atoms with Gasteiger partial charge in [0.05, 0.1) is 11.6 Å². The molecule has 1 aliphatic carbocycles. The summed E-state index contributed by atoms with van der Waals surface area (Å²) in [6.45, 7) is 1.15. The molecule has 1 aliphatic rings. The average molecular weight is 393 g/mol. The van der Waals surface area contributed by atoms with E-state index in [1.807, 2.05) is 12.1 Å². The second kappa shape index (κ2) is 9.89. The zero-order valence-corrected chi connectivity index (χ0v) is 17.1. The maximum Gasteiger partial charge on any atom is 0.129 e. The van der Waals surface area contributed by atoms with Gasteiger partial charge in [0.2, 0.25) is 0 Å². The average Bonchev–Trinajstić information content (AvgIpc) is 2.73. The lowest BCUT2D eigenvalue weighted by Gasteiger charge is -2.20. The van der Waals surface area contributed by atoms with Crippen LogP contribution in [0.25, 0.3) is 10.8 Å². The summed E-state index contributed by atoms with van der Waals surface area (Å²) in [5.41, 5.74) is 1.82. The Bertz CT molecular complexity index is 931. The third-order valence-electron chi connectivity index (χ3n) is 6.14. The summed E-state index contributed by atoms with van der Waals surface area (Å²) in [6.07, 6.45) is 9.42. The molecular formula is C26H31FNO+. The largest absolute Gasteiger partial charge is 0.488 e. The first kappa shape index (κ1) is 19.9. The highest BCUT2D eigenvalue weighted by Crippen LogP contribution is 2.28. The van der Waals surface area contributed by atoms with Gasteiger partial charge in [-0.25, -0.2) is 4.39 Å². The zero-order valence-electron chi connectivity index (χ0n) is 17.1. The van der Waals surface area contributed by atoms with E-state index in [-0.39, 0.29) is 12.4 Å². The Hall–Kier alpha value is -2.39. The molecule has 29 heavy (non-hydrogen) atoms. The van der Waals surface area contributed by atoms with Crippen LogP contribution in [0.15, 0.2) is 60.7 Å². The normalized spacial score (nSPS) is 15.8. The van der Waals surface area contributed by atoms with Crippen LogP contribution < -0.4 is 10.1 Å². The third kappa shape index (κ3) is 5.16. The van der Waals surface area contributed by atoms with Gasteiger partial charge in [0.15, 0.2) is 0 Å². The summed E-state index contributed by atoms with van der Waals surface area (Å²) in [5.74, 6) is 0.657. The van der Waals surface area contributed by atoms with E-state index in [1.165, 1.54) is 67.3 Å². The number of halogens is 1. The van der Waals surface area contributed by atoms with Crippen molar-refractivity contribution in [3.8, 4) is 5.75 Å². The van der Waals surface area contributed by atoms with Gasteiger partial charge in [-0.15, -0.1) is 0 Å². The SMILES string of the molecule is Fc1ccccc1COc1ccc2ccccc2c1C[NH2+]C1CCCCCCC1. The van der Waals surface area contributed by atoms with Gasteiger partial charge in [-0.05, 0) is 48.6 Å². The van der Waals surface area contributed by atoms with Crippen molar-refractivity contribution in [2.45, 2.75) is 64.1 Å². The minimum atomic E-state index is -0.212. The summed E-state index contributed by atoms with van der Waals surface area (Å²) < 4.78 is 20.2. The highest BCUT2D eigenvalue weighted by molar-refractivity contribution is 5.87. The number of nitrogens with two attached hydrogens (primary N) is 1. The number of rotatable bonds is 6. The van der Waals surface area contributed by atoms with Crippen LogP contribution in [0.1, 0.15) is 56.1 Å². The Morgan fingerprint density at radius 1 is 0.828 bits per heavy atom. The molecule has 0 spiro atoms. The maximum atomic E-state index is 14.0. The molecule has 0 saturated heterocycles. The fourth-order valence-electron chi connectivity index (χ4n) is 4.44. The molecule has 3 aromatic carbocycles. The van der Waals surface area contributed by atoms with Gasteiger partial charge >= 0.3 is 0 Å². The van der Waals surface area contributed by atoms with Gasteiger partial charge in [0.1, 0.15) is 24.7 Å². The molecule has 0 heterocycles. The highest BCUT2D eigenvalue weighted by atomic mass is 19.1. The van der Waals surface area contributed by atoms with Crippen LogP contribution in [0.4, 0.5) is 4.39 Å². The van der Waals surface area contributed by atoms with Crippen molar-refractivity contribution in [1.29, 1.82) is 0 Å². The van der Waals surface area contributed by atoms with Crippen LogP contribution in [0.3, 0.4) is 0 Å². The van der Waals surface area contributed by atoms with E-state index >= 15 is 0 Å². The molecule has 1 saturated carbocycles. The quantitative estimate of drug-likeness (QED) is 0.569. The van der Waals surface area contributed by atoms with Crippen molar-refractivity contribution >= 4 is 10.8 Å². The Morgan fingerprint density at radius 2 is 1.55 bits per heavy atom. The van der Waals surface area contributed by atoms with Gasteiger partial charge in [-0.1, -0.05) is 67.8 Å². The number of ether oxygens (including phenoxy) is 1. The minimum Gasteiger partial charge on any atom is -0.488 e. The summed E-state index contributed by atoms with van der Waals surface area (Å²) in [7, 11) is 0. The summed E-state index contributed by atoms with van der Waals surface area (Å²) in [6, 6.07) is 20.2. The molecule has 4 rings (SSSR count). The van der Waals surface area contributed by atoms with E-state index in [0.29, 0.717) is 11.6 Å².